The van der Waals surface area contributed by atoms with Gasteiger partial charge in [0.15, 0.2) is 11.5 Å². The van der Waals surface area contributed by atoms with E-state index in [0.29, 0.717) is 53.7 Å². The van der Waals surface area contributed by atoms with Crippen LogP contribution in [0.5, 0.6) is 17.2 Å². The van der Waals surface area contributed by atoms with Crippen molar-refractivity contribution in [3.8, 4) is 17.2 Å². The number of amides is 1. The Labute approximate surface area is 219 Å². The maximum Gasteiger partial charge on any atom is 0.238 e. The fourth-order valence-corrected chi connectivity index (χ4v) is 5.72. The third-order valence-electron chi connectivity index (χ3n) is 6.90. The molecule has 0 aromatic heterocycles. The molecule has 1 N–H and O–H groups in total. The lowest BCUT2D eigenvalue weighted by atomic mass is 10.0. The molecule has 5 rings (SSSR count). The molecular formula is C27H30BrN3O5. The van der Waals surface area contributed by atoms with Gasteiger partial charge in [-0.25, -0.2) is 0 Å². The smallest absolute Gasteiger partial charge is 0.238 e. The molecule has 1 amide bonds. The Hall–Kier alpha value is -3.04. The van der Waals surface area contributed by atoms with E-state index in [1.54, 1.807) is 25.3 Å². The van der Waals surface area contributed by atoms with Gasteiger partial charge >= 0.3 is 0 Å². The summed E-state index contributed by atoms with van der Waals surface area (Å²) in [5, 5.41) is 2.96. The Kier molecular flexibility index (Phi) is 7.20. The molecule has 0 atom stereocenters. The van der Waals surface area contributed by atoms with Gasteiger partial charge in [0.2, 0.25) is 24.2 Å². The Morgan fingerprint density at radius 3 is 2.67 bits per heavy atom. The van der Waals surface area contributed by atoms with Crippen molar-refractivity contribution >= 4 is 39.4 Å². The number of likely N-dealkylation sites (tertiary alicyclic amines) is 1. The average Bonchev–Trinajstić information content (AvgIpc) is 3.30. The number of nitrogens with zero attached hydrogens (tertiary/aromatic N) is 2. The van der Waals surface area contributed by atoms with E-state index < -0.39 is 0 Å². The number of hydrogen-bond acceptors (Lipinski definition) is 7. The van der Waals surface area contributed by atoms with Gasteiger partial charge in [-0.15, -0.1) is 0 Å². The Bertz CT molecular complexity index is 1220. The number of rotatable bonds is 6. The highest BCUT2D eigenvalue weighted by Crippen LogP contribution is 2.51. The number of benzene rings is 2. The highest BCUT2D eigenvalue weighted by Gasteiger charge is 2.31. The Morgan fingerprint density at radius 2 is 1.89 bits per heavy atom. The van der Waals surface area contributed by atoms with Gasteiger partial charge in [-0.05, 0) is 72.1 Å². The van der Waals surface area contributed by atoms with E-state index in [1.807, 2.05) is 24.1 Å². The maximum atomic E-state index is 13.7. The SMILES string of the molecule is COc1c2c(c(Br)c3c1OCO3)CCN(C)C(C(=O)c1cccc(NC(=O)CN3CCCCC3)c1)=C2. The summed E-state index contributed by atoms with van der Waals surface area (Å²) in [5.41, 5.74) is 3.46. The summed E-state index contributed by atoms with van der Waals surface area (Å²) in [6.45, 7) is 3.03. The molecule has 0 bridgehead atoms. The monoisotopic (exact) mass is 555 g/mol. The van der Waals surface area contributed by atoms with Crippen molar-refractivity contribution in [3.63, 3.8) is 0 Å². The van der Waals surface area contributed by atoms with Gasteiger partial charge in [-0.1, -0.05) is 18.6 Å². The molecule has 0 radical (unpaired) electrons. The van der Waals surface area contributed by atoms with Gasteiger partial charge in [0, 0.05) is 30.4 Å². The number of anilines is 1. The van der Waals surface area contributed by atoms with Crippen LogP contribution in [-0.4, -0.2) is 68.6 Å². The van der Waals surface area contributed by atoms with Crippen molar-refractivity contribution in [2.24, 2.45) is 0 Å². The zero-order valence-electron chi connectivity index (χ0n) is 20.6. The predicted molar refractivity (Wildman–Crippen MR) is 141 cm³/mol. The van der Waals surface area contributed by atoms with Crippen LogP contribution in [0, 0.1) is 0 Å². The van der Waals surface area contributed by atoms with E-state index in [0.717, 1.165) is 41.5 Å². The summed E-state index contributed by atoms with van der Waals surface area (Å²) in [7, 11) is 3.49. The minimum atomic E-state index is -0.131. The van der Waals surface area contributed by atoms with E-state index in [1.165, 1.54) is 6.42 Å². The van der Waals surface area contributed by atoms with Crippen LogP contribution < -0.4 is 19.5 Å². The molecule has 1 fully saturated rings. The number of methoxy groups -OCH3 is 1. The number of hydrogen-bond donors (Lipinski definition) is 1. The molecule has 36 heavy (non-hydrogen) atoms. The minimum Gasteiger partial charge on any atom is -0.492 e. The predicted octanol–water partition coefficient (Wildman–Crippen LogP) is 4.32. The van der Waals surface area contributed by atoms with E-state index in [2.05, 4.69) is 26.1 Å². The number of nitrogens with one attached hydrogen (secondary N) is 1. The van der Waals surface area contributed by atoms with Crippen molar-refractivity contribution in [1.29, 1.82) is 0 Å². The van der Waals surface area contributed by atoms with Crippen LogP contribution in [-0.2, 0) is 11.2 Å². The highest BCUT2D eigenvalue weighted by molar-refractivity contribution is 9.10. The lowest BCUT2D eigenvalue weighted by Crippen LogP contribution is -2.36. The number of halogens is 1. The van der Waals surface area contributed by atoms with Crippen LogP contribution in [0.1, 0.15) is 40.7 Å². The lowest BCUT2D eigenvalue weighted by molar-refractivity contribution is -0.117. The molecule has 0 unspecified atom stereocenters. The summed E-state index contributed by atoms with van der Waals surface area (Å²) in [5.74, 6) is 1.53. The van der Waals surface area contributed by atoms with Crippen molar-refractivity contribution in [3.05, 3.63) is 51.1 Å². The van der Waals surface area contributed by atoms with Gasteiger partial charge in [-0.2, -0.15) is 0 Å². The summed E-state index contributed by atoms with van der Waals surface area (Å²) in [6.07, 6.45) is 6.04. The fourth-order valence-electron chi connectivity index (χ4n) is 5.02. The molecule has 190 valence electrons. The topological polar surface area (TPSA) is 80.3 Å². The summed E-state index contributed by atoms with van der Waals surface area (Å²) in [4.78, 5) is 30.4. The number of likely N-dealkylation sites (N-methyl/N-ethyl adjacent to an activating group) is 1. The van der Waals surface area contributed by atoms with E-state index in [4.69, 9.17) is 14.2 Å². The summed E-state index contributed by atoms with van der Waals surface area (Å²) < 4.78 is 17.9. The number of piperidine rings is 1. The average molecular weight is 556 g/mol. The molecule has 2 aromatic rings. The van der Waals surface area contributed by atoms with Crippen LogP contribution in [0.3, 0.4) is 0 Å². The zero-order chi connectivity index (χ0) is 25.2. The molecule has 2 aromatic carbocycles. The second-order valence-electron chi connectivity index (χ2n) is 9.30. The standard InChI is InChI=1S/C27H30BrN3O5/c1-30-12-9-19-20(25(34-2)27-26(23(19)28)35-16-36-27)14-21(30)24(33)17-7-6-8-18(13-17)29-22(32)15-31-10-4-3-5-11-31/h6-8,13-14H,3-5,9-12,15-16H2,1-2H3,(H,29,32). The number of carbonyl (C=O) groups is 2. The highest BCUT2D eigenvalue weighted by atomic mass is 79.9. The number of carbonyl (C=O) groups excluding carboxylic acids is 2. The second-order valence-corrected chi connectivity index (χ2v) is 10.1. The number of ether oxygens (including phenoxy) is 3. The van der Waals surface area contributed by atoms with Crippen LogP contribution in [0.25, 0.3) is 6.08 Å². The molecule has 9 heteroatoms. The molecule has 1 saturated heterocycles. The molecule has 0 saturated carbocycles. The largest absolute Gasteiger partial charge is 0.492 e. The van der Waals surface area contributed by atoms with E-state index in [-0.39, 0.29) is 18.5 Å². The first-order chi connectivity index (χ1) is 17.5. The molecule has 0 aliphatic carbocycles. The van der Waals surface area contributed by atoms with Crippen molar-refractivity contribution in [2.75, 3.05) is 52.4 Å². The third kappa shape index (κ3) is 4.82. The van der Waals surface area contributed by atoms with Crippen LogP contribution in [0.15, 0.2) is 34.4 Å². The molecular weight excluding hydrogens is 526 g/mol. The number of ketones is 1. The number of fused-ring (bicyclic) bond motifs is 2. The maximum absolute atomic E-state index is 13.7. The molecule has 3 heterocycles. The van der Waals surface area contributed by atoms with E-state index in [9.17, 15) is 9.59 Å². The molecule has 8 nitrogen and oxygen atoms in total. The van der Waals surface area contributed by atoms with Crippen molar-refractivity contribution in [2.45, 2.75) is 25.7 Å². The minimum absolute atomic E-state index is 0.0631. The first-order valence-electron chi connectivity index (χ1n) is 12.2. The fraction of sp³-hybridized carbons (Fsp3) is 0.407. The van der Waals surface area contributed by atoms with Gasteiger partial charge in [0.25, 0.3) is 0 Å². The molecule has 3 aliphatic heterocycles. The lowest BCUT2D eigenvalue weighted by Gasteiger charge is -2.25. The number of Topliss-reactive ketones (excluding diaryl/α,β-unsaturated/α-hetero) is 1. The Balaban J connectivity index is 1.42. The first kappa shape index (κ1) is 24.6. The van der Waals surface area contributed by atoms with Crippen LogP contribution in [0.4, 0.5) is 5.69 Å². The van der Waals surface area contributed by atoms with Gasteiger partial charge in [-0.3, -0.25) is 14.5 Å². The first-order valence-corrected chi connectivity index (χ1v) is 13.0. The summed E-state index contributed by atoms with van der Waals surface area (Å²) in [6, 6.07) is 7.12. The van der Waals surface area contributed by atoms with Gasteiger partial charge < -0.3 is 24.4 Å². The van der Waals surface area contributed by atoms with E-state index >= 15 is 0 Å². The van der Waals surface area contributed by atoms with Gasteiger partial charge in [0.05, 0.1) is 23.8 Å². The van der Waals surface area contributed by atoms with Gasteiger partial charge in [0.1, 0.15) is 0 Å². The molecule has 0 spiro atoms. The zero-order valence-corrected chi connectivity index (χ0v) is 22.2. The third-order valence-corrected chi connectivity index (χ3v) is 7.74. The second kappa shape index (κ2) is 10.5. The normalized spacial score (nSPS) is 17.2. The Morgan fingerprint density at radius 1 is 1.11 bits per heavy atom. The molecule has 3 aliphatic rings. The van der Waals surface area contributed by atoms with Crippen LogP contribution in [0.2, 0.25) is 0 Å². The summed E-state index contributed by atoms with van der Waals surface area (Å²) >= 11 is 3.67. The number of allylic oxidation sites excluding steroid dienone is 1. The van der Waals surface area contributed by atoms with Crippen molar-refractivity contribution in [1.82, 2.24) is 9.80 Å². The quantitative estimate of drug-likeness (QED) is 0.531. The van der Waals surface area contributed by atoms with Crippen LogP contribution >= 0.6 is 15.9 Å². The van der Waals surface area contributed by atoms with Crippen molar-refractivity contribution < 1.29 is 23.8 Å².